The van der Waals surface area contributed by atoms with Crippen LogP contribution in [0.4, 0.5) is 16.2 Å². The van der Waals surface area contributed by atoms with Crippen molar-refractivity contribution in [2.45, 2.75) is 44.9 Å². The largest absolute Gasteiger partial charge is 0.388 e. The maximum Gasteiger partial charge on any atom is 0.227 e. The van der Waals surface area contributed by atoms with Gasteiger partial charge in [-0.15, -0.1) is 0 Å². The zero-order valence-corrected chi connectivity index (χ0v) is 12.5. The lowest BCUT2D eigenvalue weighted by Crippen LogP contribution is -2.32. The monoisotopic (exact) mass is 294 g/mol. The lowest BCUT2D eigenvalue weighted by molar-refractivity contribution is 0.118. The topological polar surface area (TPSA) is 52.5 Å². The Bertz CT molecular complexity index is 483. The highest BCUT2D eigenvalue weighted by Crippen LogP contribution is 2.24. The van der Waals surface area contributed by atoms with E-state index in [0.29, 0.717) is 6.54 Å². The van der Waals surface area contributed by atoms with Gasteiger partial charge in [-0.05, 0) is 25.7 Å². The summed E-state index contributed by atoms with van der Waals surface area (Å²) in [5.41, 5.74) is 0.970. The van der Waals surface area contributed by atoms with Gasteiger partial charge in [0.05, 0.1) is 6.54 Å². The third-order valence-corrected chi connectivity index (χ3v) is 4.30. The van der Waals surface area contributed by atoms with Gasteiger partial charge in [0.15, 0.2) is 0 Å². The van der Waals surface area contributed by atoms with Crippen LogP contribution in [0, 0.1) is 0 Å². The van der Waals surface area contributed by atoms with Gasteiger partial charge in [0.25, 0.3) is 0 Å². The fraction of sp³-hybridized carbons (Fsp3) is 0.733. The van der Waals surface area contributed by atoms with Gasteiger partial charge in [-0.1, -0.05) is 6.92 Å². The molecular weight excluding hydrogens is 271 g/mol. The number of aliphatic hydroxyl groups is 1. The van der Waals surface area contributed by atoms with Crippen molar-refractivity contribution in [1.82, 2.24) is 9.97 Å². The molecule has 3 heterocycles. The van der Waals surface area contributed by atoms with Crippen LogP contribution in [0.15, 0.2) is 6.07 Å². The smallest absolute Gasteiger partial charge is 0.227 e. The Balaban J connectivity index is 1.86. The van der Waals surface area contributed by atoms with Gasteiger partial charge in [-0.2, -0.15) is 4.98 Å². The van der Waals surface area contributed by atoms with Crippen molar-refractivity contribution in [2.24, 2.45) is 0 Å². The average molecular weight is 294 g/mol. The molecular formula is C15H23FN4O. The van der Waals surface area contributed by atoms with E-state index in [4.69, 9.17) is 0 Å². The fourth-order valence-electron chi connectivity index (χ4n) is 2.98. The molecule has 0 aliphatic carbocycles. The summed E-state index contributed by atoms with van der Waals surface area (Å²) in [6.45, 7) is 4.55. The summed E-state index contributed by atoms with van der Waals surface area (Å²) in [5, 5.41) is 9.60. The second kappa shape index (κ2) is 6.13. The van der Waals surface area contributed by atoms with Crippen LogP contribution in [-0.4, -0.2) is 53.5 Å². The number of hydrogen-bond donors (Lipinski definition) is 1. The molecule has 21 heavy (non-hydrogen) atoms. The Morgan fingerprint density at radius 3 is 2.57 bits per heavy atom. The molecule has 2 fully saturated rings. The van der Waals surface area contributed by atoms with E-state index in [9.17, 15) is 9.50 Å². The number of aryl methyl sites for hydroxylation is 1. The van der Waals surface area contributed by atoms with Crippen LogP contribution in [0.1, 0.15) is 31.9 Å². The number of rotatable bonds is 3. The molecule has 1 aromatic heterocycles. The standard InChI is InChI=1S/C15H23FN4O/c1-2-11-8-14(20-9-12(16)13(21)10-20)18-15(17-11)19-6-4-3-5-7-19/h8,12-13,21H,2-7,9-10H2,1H3/t12-,13-/m1/s1. The Hall–Kier alpha value is -1.43. The van der Waals surface area contributed by atoms with Crippen LogP contribution in [-0.2, 0) is 6.42 Å². The lowest BCUT2D eigenvalue weighted by atomic mass is 10.1. The predicted octanol–water partition coefficient (Wildman–Crippen LogP) is 1.55. The minimum atomic E-state index is -1.19. The Labute approximate surface area is 124 Å². The van der Waals surface area contributed by atoms with Crippen LogP contribution in [0.3, 0.4) is 0 Å². The number of halogens is 1. The third kappa shape index (κ3) is 3.10. The first-order valence-electron chi connectivity index (χ1n) is 7.87. The second-order valence-corrected chi connectivity index (χ2v) is 5.91. The number of aliphatic hydroxyl groups excluding tert-OH is 1. The number of piperidine rings is 1. The highest BCUT2D eigenvalue weighted by atomic mass is 19.1. The quantitative estimate of drug-likeness (QED) is 0.916. The van der Waals surface area contributed by atoms with Gasteiger partial charge in [0, 0.05) is 31.4 Å². The van der Waals surface area contributed by atoms with E-state index in [1.54, 1.807) is 0 Å². The molecule has 2 atom stereocenters. The molecule has 0 radical (unpaired) electrons. The first-order chi connectivity index (χ1) is 10.2. The van der Waals surface area contributed by atoms with E-state index < -0.39 is 12.3 Å². The zero-order valence-electron chi connectivity index (χ0n) is 12.5. The molecule has 5 nitrogen and oxygen atoms in total. The summed E-state index contributed by atoms with van der Waals surface area (Å²) in [5.74, 6) is 1.49. The van der Waals surface area contributed by atoms with Crippen LogP contribution in [0.25, 0.3) is 0 Å². The second-order valence-electron chi connectivity index (χ2n) is 5.91. The average Bonchev–Trinajstić information content (AvgIpc) is 2.87. The van der Waals surface area contributed by atoms with Crippen molar-refractivity contribution in [3.63, 3.8) is 0 Å². The van der Waals surface area contributed by atoms with Gasteiger partial charge in [-0.3, -0.25) is 0 Å². The van der Waals surface area contributed by atoms with Crippen LogP contribution in [0.2, 0.25) is 0 Å². The zero-order chi connectivity index (χ0) is 14.8. The summed E-state index contributed by atoms with van der Waals surface area (Å²) in [7, 11) is 0. The minimum Gasteiger partial charge on any atom is -0.388 e. The van der Waals surface area contributed by atoms with Crippen molar-refractivity contribution < 1.29 is 9.50 Å². The maximum atomic E-state index is 13.5. The fourth-order valence-corrected chi connectivity index (χ4v) is 2.98. The molecule has 3 rings (SSSR count). The summed E-state index contributed by atoms with van der Waals surface area (Å²) in [6, 6.07) is 1.91. The summed E-state index contributed by atoms with van der Waals surface area (Å²) >= 11 is 0. The van der Waals surface area contributed by atoms with E-state index in [0.717, 1.165) is 37.0 Å². The molecule has 116 valence electrons. The van der Waals surface area contributed by atoms with Crippen LogP contribution >= 0.6 is 0 Å². The van der Waals surface area contributed by atoms with Gasteiger partial charge < -0.3 is 14.9 Å². The molecule has 0 amide bonds. The van der Waals surface area contributed by atoms with E-state index in [2.05, 4.69) is 21.8 Å². The number of anilines is 2. The number of hydrogen-bond acceptors (Lipinski definition) is 5. The number of aromatic nitrogens is 2. The van der Waals surface area contributed by atoms with Gasteiger partial charge >= 0.3 is 0 Å². The van der Waals surface area contributed by atoms with Gasteiger partial charge in [-0.25, -0.2) is 9.37 Å². The van der Waals surface area contributed by atoms with E-state index in [-0.39, 0.29) is 6.54 Å². The van der Waals surface area contributed by atoms with Gasteiger partial charge in [0.2, 0.25) is 5.95 Å². The lowest BCUT2D eigenvalue weighted by Gasteiger charge is -2.28. The highest BCUT2D eigenvalue weighted by molar-refractivity contribution is 5.47. The van der Waals surface area contributed by atoms with Crippen molar-refractivity contribution in [2.75, 3.05) is 36.0 Å². The maximum absolute atomic E-state index is 13.5. The van der Waals surface area contributed by atoms with E-state index in [1.165, 1.54) is 19.3 Å². The molecule has 2 saturated heterocycles. The Morgan fingerprint density at radius 2 is 1.95 bits per heavy atom. The van der Waals surface area contributed by atoms with Crippen molar-refractivity contribution in [3.8, 4) is 0 Å². The molecule has 1 N–H and O–H groups in total. The van der Waals surface area contributed by atoms with Crippen LogP contribution in [0.5, 0.6) is 0 Å². The third-order valence-electron chi connectivity index (χ3n) is 4.30. The molecule has 0 unspecified atom stereocenters. The molecule has 0 aromatic carbocycles. The normalized spacial score (nSPS) is 26.4. The summed E-state index contributed by atoms with van der Waals surface area (Å²) < 4.78 is 13.5. The Morgan fingerprint density at radius 1 is 1.19 bits per heavy atom. The van der Waals surface area contributed by atoms with Gasteiger partial charge in [0.1, 0.15) is 18.1 Å². The number of nitrogens with zero attached hydrogens (tertiary/aromatic N) is 4. The first-order valence-corrected chi connectivity index (χ1v) is 7.87. The van der Waals surface area contributed by atoms with E-state index in [1.807, 2.05) is 11.0 Å². The molecule has 0 spiro atoms. The SMILES string of the molecule is CCc1cc(N2C[C@@H](O)[C@H](F)C2)nc(N2CCCCC2)n1. The van der Waals surface area contributed by atoms with Crippen LogP contribution < -0.4 is 9.80 Å². The van der Waals surface area contributed by atoms with Crippen molar-refractivity contribution >= 4 is 11.8 Å². The van der Waals surface area contributed by atoms with Crippen molar-refractivity contribution in [1.29, 1.82) is 0 Å². The molecule has 2 aliphatic heterocycles. The predicted molar refractivity (Wildman–Crippen MR) is 80.6 cm³/mol. The minimum absolute atomic E-state index is 0.209. The number of alkyl halides is 1. The molecule has 0 saturated carbocycles. The molecule has 6 heteroatoms. The van der Waals surface area contributed by atoms with E-state index >= 15 is 0 Å². The summed E-state index contributed by atoms with van der Waals surface area (Å²) in [6.07, 6.45) is 2.32. The molecule has 2 aliphatic rings. The number of β-amino-alcohol motifs (C(OH)–C–C–N with tert-alkyl or cyclic N) is 1. The summed E-state index contributed by atoms with van der Waals surface area (Å²) in [4.78, 5) is 13.3. The van der Waals surface area contributed by atoms with Crippen molar-refractivity contribution in [3.05, 3.63) is 11.8 Å². The molecule has 1 aromatic rings. The first kappa shape index (κ1) is 14.5. The molecule has 0 bridgehead atoms. The highest BCUT2D eigenvalue weighted by Gasteiger charge is 2.32. The Kier molecular flexibility index (Phi) is 4.24.